The second-order valence-corrected chi connectivity index (χ2v) is 7.39. The van der Waals surface area contributed by atoms with Crippen LogP contribution in [0.4, 0.5) is 5.69 Å². The van der Waals surface area contributed by atoms with Gasteiger partial charge in [-0.2, -0.15) is 0 Å². The van der Waals surface area contributed by atoms with Crippen LogP contribution in [0.3, 0.4) is 0 Å². The summed E-state index contributed by atoms with van der Waals surface area (Å²) in [5.41, 5.74) is 3.12. The van der Waals surface area contributed by atoms with Gasteiger partial charge in [-0.1, -0.05) is 56.3 Å². The lowest BCUT2D eigenvalue weighted by molar-refractivity contribution is -0.133. The van der Waals surface area contributed by atoms with Crippen molar-refractivity contribution in [2.75, 3.05) is 12.4 Å². The third-order valence-electron chi connectivity index (χ3n) is 4.93. The van der Waals surface area contributed by atoms with Gasteiger partial charge in [0.25, 0.3) is 0 Å². The van der Waals surface area contributed by atoms with Crippen LogP contribution in [0.5, 0.6) is 0 Å². The van der Waals surface area contributed by atoms with Crippen molar-refractivity contribution in [1.29, 1.82) is 0 Å². The maximum atomic E-state index is 12.5. The molecule has 2 unspecified atom stereocenters. The van der Waals surface area contributed by atoms with Crippen LogP contribution in [0, 0.1) is 11.8 Å². The van der Waals surface area contributed by atoms with Gasteiger partial charge in [0.2, 0.25) is 11.8 Å². The molecular weight excluding hydrogens is 324 g/mol. The first-order valence-electron chi connectivity index (χ1n) is 9.15. The van der Waals surface area contributed by atoms with Gasteiger partial charge in [0.1, 0.15) is 0 Å². The van der Waals surface area contributed by atoms with Gasteiger partial charge in [0.05, 0.1) is 11.8 Å². The molecule has 0 radical (unpaired) electrons. The maximum Gasteiger partial charge on any atom is 0.228 e. The number of carbonyl (C=O) groups is 2. The first kappa shape index (κ1) is 18.2. The van der Waals surface area contributed by atoms with Crippen LogP contribution in [0.15, 0.2) is 54.6 Å². The molecule has 0 saturated heterocycles. The highest BCUT2D eigenvalue weighted by molar-refractivity contribution is 5.99. The Morgan fingerprint density at radius 3 is 2.31 bits per heavy atom. The Balaban J connectivity index is 1.52. The first-order valence-corrected chi connectivity index (χ1v) is 9.15. The van der Waals surface area contributed by atoms with Gasteiger partial charge < -0.3 is 10.2 Å². The zero-order valence-corrected chi connectivity index (χ0v) is 15.6. The Morgan fingerprint density at radius 2 is 1.69 bits per heavy atom. The molecule has 1 aliphatic carbocycles. The first-order chi connectivity index (χ1) is 12.5. The summed E-state index contributed by atoms with van der Waals surface area (Å²) in [7, 11) is 1.80. The number of rotatable bonds is 6. The van der Waals surface area contributed by atoms with Crippen LogP contribution < -0.4 is 5.32 Å². The summed E-state index contributed by atoms with van der Waals surface area (Å²) in [6.45, 7) is 4.85. The van der Waals surface area contributed by atoms with Gasteiger partial charge in [0.15, 0.2) is 0 Å². The summed E-state index contributed by atoms with van der Waals surface area (Å²) in [6.07, 6.45) is 0.633. The van der Waals surface area contributed by atoms with Crippen LogP contribution in [-0.4, -0.2) is 23.8 Å². The molecule has 1 N–H and O–H groups in total. The molecule has 4 heteroatoms. The topological polar surface area (TPSA) is 49.4 Å². The van der Waals surface area contributed by atoms with Gasteiger partial charge in [-0.25, -0.2) is 0 Å². The van der Waals surface area contributed by atoms with Gasteiger partial charge in [0, 0.05) is 19.3 Å². The molecule has 1 saturated carbocycles. The van der Waals surface area contributed by atoms with Crippen LogP contribution in [0.25, 0.3) is 0 Å². The molecule has 1 fully saturated rings. The standard InChI is InChI=1S/C22H26N2O2/c1-15(2)17-9-11-18(12-10-17)23-21(25)19-13-20(19)22(26)24(3)14-16-7-5-4-6-8-16/h4-12,15,19-20H,13-14H2,1-3H3,(H,23,25). The van der Waals surface area contributed by atoms with Gasteiger partial charge >= 0.3 is 0 Å². The lowest BCUT2D eigenvalue weighted by atomic mass is 10.0. The summed E-state index contributed by atoms with van der Waals surface area (Å²) in [4.78, 5) is 26.7. The Bertz CT molecular complexity index is 768. The molecule has 0 heterocycles. The maximum absolute atomic E-state index is 12.5. The molecule has 3 rings (SSSR count). The predicted molar refractivity (Wildman–Crippen MR) is 104 cm³/mol. The third-order valence-corrected chi connectivity index (χ3v) is 4.93. The highest BCUT2D eigenvalue weighted by Crippen LogP contribution is 2.40. The van der Waals surface area contributed by atoms with Crippen molar-refractivity contribution in [2.24, 2.45) is 11.8 Å². The molecule has 0 aliphatic heterocycles. The number of hydrogen-bond donors (Lipinski definition) is 1. The van der Waals surface area contributed by atoms with E-state index in [9.17, 15) is 9.59 Å². The number of nitrogens with one attached hydrogen (secondary N) is 1. The fourth-order valence-electron chi connectivity index (χ4n) is 3.16. The predicted octanol–water partition coefficient (Wildman–Crippen LogP) is 4.04. The average molecular weight is 350 g/mol. The Labute approximate surface area is 155 Å². The molecule has 0 bridgehead atoms. The quantitative estimate of drug-likeness (QED) is 0.855. The number of amides is 2. The molecule has 1 aliphatic rings. The van der Waals surface area contributed by atoms with E-state index >= 15 is 0 Å². The molecule has 0 spiro atoms. The second-order valence-electron chi connectivity index (χ2n) is 7.39. The number of nitrogens with zero attached hydrogens (tertiary/aromatic N) is 1. The molecule has 2 aromatic rings. The number of carbonyl (C=O) groups excluding carboxylic acids is 2. The van der Waals surface area contributed by atoms with E-state index in [1.807, 2.05) is 54.6 Å². The summed E-state index contributed by atoms with van der Waals surface area (Å²) < 4.78 is 0. The van der Waals surface area contributed by atoms with Crippen molar-refractivity contribution in [2.45, 2.75) is 32.7 Å². The molecule has 2 amide bonds. The van der Waals surface area contributed by atoms with E-state index in [2.05, 4.69) is 19.2 Å². The van der Waals surface area contributed by atoms with Crippen molar-refractivity contribution in [1.82, 2.24) is 4.90 Å². The van der Waals surface area contributed by atoms with Crippen LogP contribution >= 0.6 is 0 Å². The van der Waals surface area contributed by atoms with E-state index < -0.39 is 0 Å². The summed E-state index contributed by atoms with van der Waals surface area (Å²) >= 11 is 0. The molecule has 136 valence electrons. The van der Waals surface area contributed by atoms with Gasteiger partial charge in [-0.15, -0.1) is 0 Å². The summed E-state index contributed by atoms with van der Waals surface area (Å²) in [5, 5.41) is 2.93. The van der Waals surface area contributed by atoms with E-state index in [1.54, 1.807) is 11.9 Å². The van der Waals surface area contributed by atoms with Crippen molar-refractivity contribution in [3.05, 3.63) is 65.7 Å². The van der Waals surface area contributed by atoms with Gasteiger partial charge in [-0.3, -0.25) is 9.59 Å². The lowest BCUT2D eigenvalue weighted by Crippen LogP contribution is -2.29. The van der Waals surface area contributed by atoms with Crippen LogP contribution in [-0.2, 0) is 16.1 Å². The summed E-state index contributed by atoms with van der Waals surface area (Å²) in [6, 6.07) is 17.8. The fraction of sp³-hybridized carbons (Fsp3) is 0.364. The Kier molecular flexibility index (Phi) is 5.40. The highest BCUT2D eigenvalue weighted by Gasteiger charge is 2.49. The molecule has 4 nitrogen and oxygen atoms in total. The fourth-order valence-corrected chi connectivity index (χ4v) is 3.16. The minimum Gasteiger partial charge on any atom is -0.341 e. The van der Waals surface area contributed by atoms with E-state index in [4.69, 9.17) is 0 Å². The van der Waals surface area contributed by atoms with Crippen molar-refractivity contribution >= 4 is 17.5 Å². The monoisotopic (exact) mass is 350 g/mol. The van der Waals surface area contributed by atoms with Crippen molar-refractivity contribution < 1.29 is 9.59 Å². The van der Waals surface area contributed by atoms with Gasteiger partial charge in [-0.05, 0) is 35.6 Å². The molecule has 26 heavy (non-hydrogen) atoms. The number of hydrogen-bond acceptors (Lipinski definition) is 2. The Hall–Kier alpha value is -2.62. The zero-order chi connectivity index (χ0) is 18.7. The zero-order valence-electron chi connectivity index (χ0n) is 15.6. The minimum absolute atomic E-state index is 0.0455. The summed E-state index contributed by atoms with van der Waals surface area (Å²) in [5.74, 6) is 0.0346. The van der Waals surface area contributed by atoms with Crippen molar-refractivity contribution in [3.8, 4) is 0 Å². The SMILES string of the molecule is CC(C)c1ccc(NC(=O)C2CC2C(=O)N(C)Cc2ccccc2)cc1. The average Bonchev–Trinajstić information content (AvgIpc) is 3.43. The molecular formula is C22H26N2O2. The molecule has 2 atom stereocenters. The largest absolute Gasteiger partial charge is 0.341 e. The third kappa shape index (κ3) is 4.31. The minimum atomic E-state index is -0.217. The number of anilines is 1. The van der Waals surface area contributed by atoms with E-state index in [0.29, 0.717) is 18.9 Å². The van der Waals surface area contributed by atoms with E-state index in [0.717, 1.165) is 11.3 Å². The molecule has 0 aromatic heterocycles. The lowest BCUT2D eigenvalue weighted by Gasteiger charge is -2.17. The number of benzene rings is 2. The van der Waals surface area contributed by atoms with Crippen LogP contribution in [0.2, 0.25) is 0 Å². The van der Waals surface area contributed by atoms with Crippen molar-refractivity contribution in [3.63, 3.8) is 0 Å². The van der Waals surface area contributed by atoms with Crippen LogP contribution in [0.1, 0.15) is 37.3 Å². The smallest absolute Gasteiger partial charge is 0.228 e. The molecule has 2 aromatic carbocycles. The van der Waals surface area contributed by atoms with E-state index in [-0.39, 0.29) is 23.7 Å². The Morgan fingerprint density at radius 1 is 1.04 bits per heavy atom. The van der Waals surface area contributed by atoms with E-state index in [1.165, 1.54) is 5.56 Å². The normalized spacial score (nSPS) is 18.5. The second kappa shape index (κ2) is 7.73. The highest BCUT2D eigenvalue weighted by atomic mass is 16.2.